The van der Waals surface area contributed by atoms with Crippen molar-refractivity contribution in [3.63, 3.8) is 0 Å². The summed E-state index contributed by atoms with van der Waals surface area (Å²) < 4.78 is 4.84. The van der Waals surface area contributed by atoms with Crippen LogP contribution >= 0.6 is 0 Å². The zero-order valence-corrected chi connectivity index (χ0v) is 15.9. The molecule has 0 aromatic heterocycles. The molecule has 0 radical (unpaired) electrons. The van der Waals surface area contributed by atoms with Crippen molar-refractivity contribution in [1.29, 1.82) is 0 Å². The number of hydrogen-bond acceptors (Lipinski definition) is 3. The van der Waals surface area contributed by atoms with E-state index < -0.39 is 0 Å². The lowest BCUT2D eigenvalue weighted by atomic mass is 9.78. The smallest absolute Gasteiger partial charge is 0.337 e. The highest BCUT2D eigenvalue weighted by molar-refractivity contribution is 5.89. The number of hydrogen-bond donors (Lipinski definition) is 0. The van der Waals surface area contributed by atoms with Crippen LogP contribution in [0, 0.1) is 12.8 Å². The van der Waals surface area contributed by atoms with E-state index in [4.69, 9.17) is 4.74 Å². The van der Waals surface area contributed by atoms with Crippen LogP contribution in [0.5, 0.6) is 0 Å². The first-order valence-electron chi connectivity index (χ1n) is 9.63. The van der Waals surface area contributed by atoms with Gasteiger partial charge in [0, 0.05) is 18.4 Å². The predicted molar refractivity (Wildman–Crippen MR) is 104 cm³/mol. The maximum absolute atomic E-state index is 11.8. The van der Waals surface area contributed by atoms with Crippen molar-refractivity contribution in [2.75, 3.05) is 26.7 Å². The standard InChI is InChI=1S/C23H27NO2/c1-4-24-12-11-19-21(14-24)18-10-5-15(2)13-20(18)22(19)16-6-8-17(9-7-16)23(25)26-3/h5-10,13,19,21-22H,4,11-12,14H2,1-3H3/t19-,21-,22-/m0/s1. The van der Waals surface area contributed by atoms with Crippen molar-refractivity contribution in [3.8, 4) is 0 Å². The van der Waals surface area contributed by atoms with Crippen LogP contribution in [0.15, 0.2) is 42.5 Å². The Bertz CT molecular complexity index is 811. The molecule has 0 N–H and O–H groups in total. The second-order valence-corrected chi connectivity index (χ2v) is 7.68. The van der Waals surface area contributed by atoms with Gasteiger partial charge in [-0.3, -0.25) is 0 Å². The molecule has 3 heteroatoms. The number of likely N-dealkylation sites (N-methyl/N-ethyl adjacent to an activating group) is 1. The van der Waals surface area contributed by atoms with Crippen molar-refractivity contribution in [2.45, 2.75) is 32.1 Å². The lowest BCUT2D eigenvalue weighted by molar-refractivity contribution is 0.0600. The van der Waals surface area contributed by atoms with Crippen LogP contribution in [0.4, 0.5) is 0 Å². The fourth-order valence-corrected chi connectivity index (χ4v) is 4.96. The van der Waals surface area contributed by atoms with Crippen LogP contribution < -0.4 is 0 Å². The summed E-state index contributed by atoms with van der Waals surface area (Å²) in [5, 5.41) is 0. The molecule has 0 bridgehead atoms. The van der Waals surface area contributed by atoms with Crippen LogP contribution in [0.2, 0.25) is 0 Å². The Kier molecular flexibility index (Phi) is 4.58. The highest BCUT2D eigenvalue weighted by Gasteiger charge is 2.43. The second-order valence-electron chi connectivity index (χ2n) is 7.68. The van der Waals surface area contributed by atoms with Gasteiger partial charge in [0.05, 0.1) is 12.7 Å². The van der Waals surface area contributed by atoms with Gasteiger partial charge in [-0.15, -0.1) is 0 Å². The van der Waals surface area contributed by atoms with Gasteiger partial charge in [0.1, 0.15) is 0 Å². The highest BCUT2D eigenvalue weighted by atomic mass is 16.5. The van der Waals surface area contributed by atoms with Gasteiger partial charge in [-0.1, -0.05) is 42.8 Å². The molecule has 1 saturated heterocycles. The first kappa shape index (κ1) is 17.3. The zero-order chi connectivity index (χ0) is 18.3. The van der Waals surface area contributed by atoms with Gasteiger partial charge in [-0.2, -0.15) is 0 Å². The Hall–Kier alpha value is -2.13. The van der Waals surface area contributed by atoms with E-state index in [0.29, 0.717) is 23.3 Å². The average molecular weight is 349 g/mol. The van der Waals surface area contributed by atoms with Crippen molar-refractivity contribution in [1.82, 2.24) is 4.90 Å². The average Bonchev–Trinajstić information content (AvgIpc) is 2.99. The zero-order valence-electron chi connectivity index (χ0n) is 15.9. The number of methoxy groups -OCH3 is 1. The van der Waals surface area contributed by atoms with Crippen molar-refractivity contribution in [3.05, 3.63) is 70.3 Å². The number of carbonyl (C=O) groups excluding carboxylic acids is 1. The minimum absolute atomic E-state index is 0.270. The highest BCUT2D eigenvalue weighted by Crippen LogP contribution is 2.53. The molecular weight excluding hydrogens is 322 g/mol. The summed E-state index contributed by atoms with van der Waals surface area (Å²) in [6, 6.07) is 15.0. The number of esters is 1. The van der Waals surface area contributed by atoms with E-state index in [1.807, 2.05) is 12.1 Å². The Morgan fingerprint density at radius 2 is 1.92 bits per heavy atom. The number of likely N-dealkylation sites (tertiary alicyclic amines) is 1. The van der Waals surface area contributed by atoms with E-state index in [0.717, 1.165) is 13.1 Å². The Balaban J connectivity index is 1.73. The van der Waals surface area contributed by atoms with Crippen molar-refractivity contribution in [2.24, 2.45) is 5.92 Å². The van der Waals surface area contributed by atoms with Crippen molar-refractivity contribution < 1.29 is 9.53 Å². The molecule has 0 saturated carbocycles. The van der Waals surface area contributed by atoms with E-state index >= 15 is 0 Å². The normalized spacial score (nSPS) is 24.8. The number of piperidine rings is 1. The molecular formula is C23H27NO2. The second kappa shape index (κ2) is 6.88. The lowest BCUT2D eigenvalue weighted by Gasteiger charge is -2.37. The SMILES string of the molecule is CCN1CC[C@@H]2[C@H](c3ccc(C(=O)OC)cc3)c3cc(C)ccc3[C@@H]2C1. The molecule has 1 heterocycles. The first-order valence-corrected chi connectivity index (χ1v) is 9.63. The summed E-state index contributed by atoms with van der Waals surface area (Å²) in [7, 11) is 1.43. The third-order valence-corrected chi connectivity index (χ3v) is 6.29. The molecule has 26 heavy (non-hydrogen) atoms. The summed E-state index contributed by atoms with van der Waals surface area (Å²) in [5.41, 5.74) is 6.29. The number of fused-ring (bicyclic) bond motifs is 3. The van der Waals surface area contributed by atoms with E-state index in [9.17, 15) is 4.79 Å². The summed E-state index contributed by atoms with van der Waals surface area (Å²) in [4.78, 5) is 14.3. The number of carbonyl (C=O) groups is 1. The molecule has 0 spiro atoms. The molecule has 136 valence electrons. The number of aryl methyl sites for hydroxylation is 1. The molecule has 3 nitrogen and oxygen atoms in total. The monoisotopic (exact) mass is 349 g/mol. The molecule has 1 aliphatic carbocycles. The van der Waals surface area contributed by atoms with E-state index in [1.54, 1.807) is 0 Å². The summed E-state index contributed by atoms with van der Waals surface area (Å²) in [5.74, 6) is 1.43. The van der Waals surface area contributed by atoms with Crippen molar-refractivity contribution >= 4 is 5.97 Å². The minimum atomic E-state index is -0.270. The van der Waals surface area contributed by atoms with E-state index in [2.05, 4.69) is 49.1 Å². The maximum Gasteiger partial charge on any atom is 0.337 e. The number of rotatable bonds is 3. The number of benzene rings is 2. The topological polar surface area (TPSA) is 29.5 Å². The molecule has 4 rings (SSSR count). The molecule has 3 atom stereocenters. The van der Waals surface area contributed by atoms with Gasteiger partial charge in [-0.25, -0.2) is 4.79 Å². The maximum atomic E-state index is 11.8. The fourth-order valence-electron chi connectivity index (χ4n) is 4.96. The van der Waals surface area contributed by atoms with E-state index in [1.165, 1.54) is 42.3 Å². The van der Waals surface area contributed by atoms with Crippen LogP contribution in [0.25, 0.3) is 0 Å². The summed E-state index contributed by atoms with van der Waals surface area (Å²) >= 11 is 0. The van der Waals surface area contributed by atoms with Gasteiger partial charge in [0.25, 0.3) is 0 Å². The van der Waals surface area contributed by atoms with Crippen LogP contribution in [-0.4, -0.2) is 37.6 Å². The van der Waals surface area contributed by atoms with Gasteiger partial charge in [0.15, 0.2) is 0 Å². The molecule has 2 aromatic carbocycles. The molecule has 1 aliphatic heterocycles. The van der Waals surface area contributed by atoms with Gasteiger partial charge < -0.3 is 9.64 Å². The Labute approximate surface area is 156 Å². The summed E-state index contributed by atoms with van der Waals surface area (Å²) in [6.45, 7) is 7.91. The first-order chi connectivity index (χ1) is 12.6. The van der Waals surface area contributed by atoms with Crippen LogP contribution in [0.3, 0.4) is 0 Å². The Morgan fingerprint density at radius 1 is 1.15 bits per heavy atom. The fraction of sp³-hybridized carbons (Fsp3) is 0.435. The van der Waals surface area contributed by atoms with Crippen LogP contribution in [-0.2, 0) is 4.74 Å². The lowest BCUT2D eigenvalue weighted by Crippen LogP contribution is -2.38. The van der Waals surface area contributed by atoms with E-state index in [-0.39, 0.29) is 5.97 Å². The molecule has 0 unspecified atom stereocenters. The van der Waals surface area contributed by atoms with Crippen LogP contribution in [0.1, 0.15) is 57.8 Å². The molecule has 0 amide bonds. The molecule has 1 fully saturated rings. The van der Waals surface area contributed by atoms with Gasteiger partial charge >= 0.3 is 5.97 Å². The summed E-state index contributed by atoms with van der Waals surface area (Å²) in [6.07, 6.45) is 1.23. The Morgan fingerprint density at radius 3 is 2.62 bits per heavy atom. The minimum Gasteiger partial charge on any atom is -0.465 e. The van der Waals surface area contributed by atoms with Gasteiger partial charge in [0.2, 0.25) is 0 Å². The number of nitrogens with zero attached hydrogens (tertiary/aromatic N) is 1. The third kappa shape index (κ3) is 2.84. The number of ether oxygens (including phenoxy) is 1. The predicted octanol–water partition coefficient (Wildman–Crippen LogP) is 4.35. The largest absolute Gasteiger partial charge is 0.465 e. The quantitative estimate of drug-likeness (QED) is 0.772. The third-order valence-electron chi connectivity index (χ3n) is 6.29. The molecule has 2 aliphatic rings. The molecule has 2 aromatic rings. The van der Waals surface area contributed by atoms with Gasteiger partial charge in [-0.05, 0) is 61.2 Å².